The number of nitrogens with one attached hydrogen (secondary N) is 1. The van der Waals surface area contributed by atoms with Crippen LogP contribution in [0, 0.1) is 0 Å². The SMILES string of the molecule is C[S@](=O)c1ccc(C(=O)N2CCNC(=O)C[C@H]2c2ccccc2)cc1. The van der Waals surface area contributed by atoms with Crippen molar-refractivity contribution in [3.63, 3.8) is 0 Å². The molecular weight excluding hydrogens is 336 g/mol. The molecule has 2 amide bonds. The zero-order valence-corrected chi connectivity index (χ0v) is 14.8. The van der Waals surface area contributed by atoms with E-state index in [1.807, 2.05) is 30.3 Å². The maximum atomic E-state index is 13.0. The van der Waals surface area contributed by atoms with Gasteiger partial charge in [0, 0.05) is 40.6 Å². The fourth-order valence-electron chi connectivity index (χ4n) is 3.00. The van der Waals surface area contributed by atoms with Crippen molar-refractivity contribution in [2.24, 2.45) is 0 Å². The van der Waals surface area contributed by atoms with E-state index in [2.05, 4.69) is 5.32 Å². The molecule has 2 aromatic carbocycles. The lowest BCUT2D eigenvalue weighted by Gasteiger charge is -2.29. The molecule has 0 saturated carbocycles. The van der Waals surface area contributed by atoms with E-state index in [1.165, 1.54) is 0 Å². The van der Waals surface area contributed by atoms with Gasteiger partial charge in [-0.1, -0.05) is 30.3 Å². The van der Waals surface area contributed by atoms with Crippen molar-refractivity contribution in [3.05, 3.63) is 65.7 Å². The number of amides is 2. The summed E-state index contributed by atoms with van der Waals surface area (Å²) in [5.74, 6) is -0.181. The van der Waals surface area contributed by atoms with Gasteiger partial charge < -0.3 is 10.2 Å². The minimum atomic E-state index is -1.08. The van der Waals surface area contributed by atoms with Crippen LogP contribution in [0.25, 0.3) is 0 Å². The molecule has 130 valence electrons. The molecule has 2 atom stereocenters. The van der Waals surface area contributed by atoms with Gasteiger partial charge in [-0.25, -0.2) is 0 Å². The van der Waals surface area contributed by atoms with Crippen LogP contribution in [0.2, 0.25) is 0 Å². The lowest BCUT2D eigenvalue weighted by Crippen LogP contribution is -2.36. The lowest BCUT2D eigenvalue weighted by molar-refractivity contribution is -0.121. The molecule has 0 aliphatic carbocycles. The van der Waals surface area contributed by atoms with Crippen molar-refractivity contribution in [2.45, 2.75) is 17.4 Å². The Labute approximate surface area is 149 Å². The highest BCUT2D eigenvalue weighted by Crippen LogP contribution is 2.27. The Balaban J connectivity index is 1.92. The number of benzene rings is 2. The second kappa shape index (κ2) is 7.61. The Hall–Kier alpha value is -2.47. The number of hydrogen-bond acceptors (Lipinski definition) is 3. The number of carbonyl (C=O) groups is 2. The fraction of sp³-hybridized carbons (Fsp3) is 0.263. The van der Waals surface area contributed by atoms with Crippen LogP contribution in [0.4, 0.5) is 0 Å². The Bertz CT molecular complexity index is 790. The highest BCUT2D eigenvalue weighted by atomic mass is 32.2. The zero-order valence-electron chi connectivity index (χ0n) is 14.0. The van der Waals surface area contributed by atoms with Crippen LogP contribution in [0.1, 0.15) is 28.4 Å². The third-order valence-corrected chi connectivity index (χ3v) is 5.24. The predicted octanol–water partition coefficient (Wildman–Crippen LogP) is 2.13. The van der Waals surface area contributed by atoms with Crippen LogP contribution in [-0.4, -0.2) is 40.3 Å². The van der Waals surface area contributed by atoms with Gasteiger partial charge in [-0.05, 0) is 29.8 Å². The van der Waals surface area contributed by atoms with Gasteiger partial charge in [-0.3, -0.25) is 13.8 Å². The molecule has 1 saturated heterocycles. The van der Waals surface area contributed by atoms with Crippen LogP contribution in [0.15, 0.2) is 59.5 Å². The highest BCUT2D eigenvalue weighted by molar-refractivity contribution is 7.84. The predicted molar refractivity (Wildman–Crippen MR) is 96.6 cm³/mol. The summed E-state index contributed by atoms with van der Waals surface area (Å²) in [5.41, 5.74) is 1.48. The number of hydrogen-bond donors (Lipinski definition) is 1. The van der Waals surface area contributed by atoms with E-state index in [9.17, 15) is 13.8 Å². The molecule has 0 aromatic heterocycles. The summed E-state index contributed by atoms with van der Waals surface area (Å²) in [5, 5.41) is 2.83. The molecule has 1 N–H and O–H groups in total. The van der Waals surface area contributed by atoms with Gasteiger partial charge in [0.25, 0.3) is 5.91 Å². The first-order chi connectivity index (χ1) is 12.1. The van der Waals surface area contributed by atoms with E-state index in [1.54, 1.807) is 35.4 Å². The van der Waals surface area contributed by atoms with Crippen molar-refractivity contribution >= 4 is 22.6 Å². The molecule has 1 heterocycles. The third kappa shape index (κ3) is 3.96. The van der Waals surface area contributed by atoms with Crippen LogP contribution < -0.4 is 5.32 Å². The van der Waals surface area contributed by atoms with Gasteiger partial charge in [-0.15, -0.1) is 0 Å². The fourth-order valence-corrected chi connectivity index (χ4v) is 3.52. The molecule has 0 spiro atoms. The van der Waals surface area contributed by atoms with Crippen molar-refractivity contribution in [3.8, 4) is 0 Å². The molecule has 0 bridgehead atoms. The first kappa shape index (κ1) is 17.4. The third-order valence-electron chi connectivity index (χ3n) is 4.31. The minimum absolute atomic E-state index is 0.0547. The van der Waals surface area contributed by atoms with E-state index in [0.29, 0.717) is 23.5 Å². The molecule has 2 aromatic rings. The maximum absolute atomic E-state index is 13.0. The summed E-state index contributed by atoms with van der Waals surface area (Å²) in [6.07, 6.45) is 1.85. The molecule has 25 heavy (non-hydrogen) atoms. The summed E-state index contributed by atoms with van der Waals surface area (Å²) < 4.78 is 11.5. The average molecular weight is 356 g/mol. The maximum Gasteiger partial charge on any atom is 0.254 e. The molecular formula is C19H20N2O3S. The van der Waals surface area contributed by atoms with Gasteiger partial charge in [0.05, 0.1) is 12.5 Å². The van der Waals surface area contributed by atoms with Crippen LogP contribution in [0.3, 0.4) is 0 Å². The van der Waals surface area contributed by atoms with Crippen LogP contribution >= 0.6 is 0 Å². The standard InChI is InChI=1S/C19H20N2O3S/c1-25(24)16-9-7-15(8-10-16)19(23)21-12-11-20-18(22)13-17(21)14-5-3-2-4-6-14/h2-10,17H,11-13H2,1H3,(H,20,22)/t17-,25-/m0/s1. The molecule has 5 nitrogen and oxygen atoms in total. The Kier molecular flexibility index (Phi) is 5.28. The van der Waals surface area contributed by atoms with Crippen molar-refractivity contribution in [1.82, 2.24) is 10.2 Å². The molecule has 6 heteroatoms. The largest absolute Gasteiger partial charge is 0.354 e. The quantitative estimate of drug-likeness (QED) is 0.916. The van der Waals surface area contributed by atoms with E-state index in [0.717, 1.165) is 5.56 Å². The van der Waals surface area contributed by atoms with Gasteiger partial charge in [0.15, 0.2) is 0 Å². The van der Waals surface area contributed by atoms with E-state index in [-0.39, 0.29) is 24.3 Å². The summed E-state index contributed by atoms with van der Waals surface area (Å²) in [7, 11) is -1.08. The number of carbonyl (C=O) groups excluding carboxylic acids is 2. The second-order valence-corrected chi connectivity index (χ2v) is 7.34. The van der Waals surface area contributed by atoms with E-state index >= 15 is 0 Å². The first-order valence-corrected chi connectivity index (χ1v) is 9.68. The van der Waals surface area contributed by atoms with Gasteiger partial charge >= 0.3 is 0 Å². The van der Waals surface area contributed by atoms with Gasteiger partial charge in [0.1, 0.15) is 0 Å². The van der Waals surface area contributed by atoms with Crippen molar-refractivity contribution in [1.29, 1.82) is 0 Å². The molecule has 0 unspecified atom stereocenters. The molecule has 1 aliphatic heterocycles. The molecule has 3 rings (SSSR count). The topological polar surface area (TPSA) is 66.5 Å². The minimum Gasteiger partial charge on any atom is -0.354 e. The molecule has 1 fully saturated rings. The molecule has 1 aliphatic rings. The first-order valence-electron chi connectivity index (χ1n) is 8.12. The van der Waals surface area contributed by atoms with Crippen LogP contribution in [0.5, 0.6) is 0 Å². The number of nitrogens with zero attached hydrogens (tertiary/aromatic N) is 1. The average Bonchev–Trinajstić information content (AvgIpc) is 2.83. The molecule has 0 radical (unpaired) electrons. The summed E-state index contributed by atoms with van der Waals surface area (Å²) in [6, 6.07) is 16.1. The normalized spacial score (nSPS) is 19.0. The summed E-state index contributed by atoms with van der Waals surface area (Å²) in [6.45, 7) is 0.885. The Morgan fingerprint density at radius 2 is 1.80 bits per heavy atom. The monoisotopic (exact) mass is 356 g/mol. The van der Waals surface area contributed by atoms with Gasteiger partial charge in [0.2, 0.25) is 5.91 Å². The Morgan fingerprint density at radius 3 is 2.44 bits per heavy atom. The van der Waals surface area contributed by atoms with E-state index in [4.69, 9.17) is 0 Å². The Morgan fingerprint density at radius 1 is 1.12 bits per heavy atom. The van der Waals surface area contributed by atoms with Crippen molar-refractivity contribution in [2.75, 3.05) is 19.3 Å². The zero-order chi connectivity index (χ0) is 17.8. The smallest absolute Gasteiger partial charge is 0.254 e. The summed E-state index contributed by atoms with van der Waals surface area (Å²) in [4.78, 5) is 27.5. The second-order valence-electron chi connectivity index (χ2n) is 5.96. The summed E-state index contributed by atoms with van der Waals surface area (Å²) >= 11 is 0. The number of rotatable bonds is 3. The van der Waals surface area contributed by atoms with Crippen LogP contribution in [-0.2, 0) is 15.6 Å². The van der Waals surface area contributed by atoms with Gasteiger partial charge in [-0.2, -0.15) is 0 Å². The highest BCUT2D eigenvalue weighted by Gasteiger charge is 2.30. The van der Waals surface area contributed by atoms with E-state index < -0.39 is 10.8 Å². The van der Waals surface area contributed by atoms with Crippen molar-refractivity contribution < 1.29 is 13.8 Å². The lowest BCUT2D eigenvalue weighted by atomic mass is 10.0.